The molecule has 0 bridgehead atoms. The van der Waals surface area contributed by atoms with E-state index in [4.69, 9.17) is 23.2 Å². The maximum atomic E-state index is 13.1. The van der Waals surface area contributed by atoms with Gasteiger partial charge in [0.1, 0.15) is 11.6 Å². The number of hydrogen-bond donors (Lipinski definition) is 1. The van der Waals surface area contributed by atoms with E-state index >= 15 is 0 Å². The summed E-state index contributed by atoms with van der Waals surface area (Å²) >= 11 is 11.4. The van der Waals surface area contributed by atoms with E-state index in [1.165, 1.54) is 18.2 Å². The Morgan fingerprint density at radius 3 is 2.32 bits per heavy atom. The summed E-state index contributed by atoms with van der Waals surface area (Å²) in [4.78, 5) is 0. The Morgan fingerprint density at radius 1 is 0.895 bits per heavy atom. The summed E-state index contributed by atoms with van der Waals surface area (Å²) in [6, 6.07) is 8.88. The van der Waals surface area contributed by atoms with Gasteiger partial charge in [0.15, 0.2) is 0 Å². The van der Waals surface area contributed by atoms with Gasteiger partial charge >= 0.3 is 0 Å². The number of benzene rings is 2. The van der Waals surface area contributed by atoms with Crippen molar-refractivity contribution in [3.63, 3.8) is 0 Å². The minimum Gasteiger partial charge on any atom is -0.309 e. The Balaban J connectivity index is 1.94. The Kier molecular flexibility index (Phi) is 4.75. The third kappa shape index (κ3) is 4.16. The highest BCUT2D eigenvalue weighted by molar-refractivity contribution is 6.31. The molecule has 0 radical (unpaired) electrons. The van der Waals surface area contributed by atoms with Gasteiger partial charge in [-0.3, -0.25) is 0 Å². The first-order valence-corrected chi connectivity index (χ1v) is 6.40. The van der Waals surface area contributed by atoms with Gasteiger partial charge in [-0.25, -0.2) is 8.78 Å². The van der Waals surface area contributed by atoms with E-state index in [9.17, 15) is 8.78 Å². The van der Waals surface area contributed by atoms with Crippen LogP contribution in [0.3, 0.4) is 0 Å². The molecule has 2 aromatic rings. The molecule has 5 heteroatoms. The predicted molar refractivity (Wildman–Crippen MR) is 73.4 cm³/mol. The van der Waals surface area contributed by atoms with Crippen LogP contribution in [0.1, 0.15) is 11.1 Å². The normalized spacial score (nSPS) is 10.7. The number of nitrogens with one attached hydrogen (secondary N) is 1. The van der Waals surface area contributed by atoms with E-state index in [1.807, 2.05) is 0 Å². The lowest BCUT2D eigenvalue weighted by atomic mass is 10.2. The number of hydrogen-bond acceptors (Lipinski definition) is 1. The molecule has 0 fully saturated rings. The minimum absolute atomic E-state index is 0.0908. The van der Waals surface area contributed by atoms with Gasteiger partial charge in [0.2, 0.25) is 0 Å². The van der Waals surface area contributed by atoms with Crippen molar-refractivity contribution < 1.29 is 8.78 Å². The topological polar surface area (TPSA) is 12.0 Å². The lowest BCUT2D eigenvalue weighted by Crippen LogP contribution is -2.12. The molecule has 19 heavy (non-hydrogen) atoms. The average molecular weight is 302 g/mol. The molecular formula is C14H11Cl2F2N. The maximum Gasteiger partial charge on any atom is 0.141 e. The summed E-state index contributed by atoms with van der Waals surface area (Å²) in [5, 5.41) is 3.57. The maximum absolute atomic E-state index is 13.1. The summed E-state index contributed by atoms with van der Waals surface area (Å²) < 4.78 is 26.1. The van der Waals surface area contributed by atoms with Crippen molar-refractivity contribution in [3.8, 4) is 0 Å². The Bertz CT molecular complexity index is 567. The largest absolute Gasteiger partial charge is 0.309 e. The zero-order valence-corrected chi connectivity index (χ0v) is 11.4. The fourth-order valence-electron chi connectivity index (χ4n) is 1.71. The van der Waals surface area contributed by atoms with Crippen molar-refractivity contribution in [1.82, 2.24) is 5.32 Å². The van der Waals surface area contributed by atoms with Gasteiger partial charge in [0.05, 0.1) is 5.02 Å². The quantitative estimate of drug-likeness (QED) is 0.873. The highest BCUT2D eigenvalue weighted by Crippen LogP contribution is 2.16. The molecule has 1 nitrogen and oxygen atoms in total. The van der Waals surface area contributed by atoms with E-state index in [0.717, 1.165) is 11.1 Å². The Morgan fingerprint density at radius 2 is 1.63 bits per heavy atom. The van der Waals surface area contributed by atoms with Gasteiger partial charge in [-0.1, -0.05) is 29.3 Å². The molecule has 0 aromatic heterocycles. The number of rotatable bonds is 4. The van der Waals surface area contributed by atoms with E-state index < -0.39 is 5.82 Å². The molecule has 0 saturated heterocycles. The van der Waals surface area contributed by atoms with Crippen molar-refractivity contribution in [2.45, 2.75) is 13.1 Å². The van der Waals surface area contributed by atoms with Gasteiger partial charge in [0.25, 0.3) is 0 Å². The van der Waals surface area contributed by atoms with Crippen LogP contribution < -0.4 is 5.32 Å². The lowest BCUT2D eigenvalue weighted by molar-refractivity contribution is 0.618. The molecule has 0 amide bonds. The van der Waals surface area contributed by atoms with Crippen molar-refractivity contribution in [2.24, 2.45) is 0 Å². The highest BCUT2D eigenvalue weighted by atomic mass is 35.5. The third-order valence-corrected chi connectivity index (χ3v) is 3.07. The van der Waals surface area contributed by atoms with Crippen LogP contribution in [0, 0.1) is 11.6 Å². The van der Waals surface area contributed by atoms with Gasteiger partial charge in [-0.15, -0.1) is 0 Å². The fraction of sp³-hybridized carbons (Fsp3) is 0.143. The van der Waals surface area contributed by atoms with E-state index in [2.05, 4.69) is 5.32 Å². The second kappa shape index (κ2) is 6.33. The van der Waals surface area contributed by atoms with Crippen molar-refractivity contribution in [2.75, 3.05) is 0 Å². The minimum atomic E-state index is -0.442. The molecule has 0 aliphatic rings. The molecule has 0 aliphatic carbocycles. The average Bonchev–Trinajstić information content (AvgIpc) is 2.32. The van der Waals surface area contributed by atoms with Crippen LogP contribution >= 0.6 is 23.2 Å². The van der Waals surface area contributed by atoms with Crippen LogP contribution in [0.15, 0.2) is 36.4 Å². The summed E-state index contributed by atoms with van der Waals surface area (Å²) in [5.41, 5.74) is 1.60. The standard InChI is InChI=1S/C14H11Cl2F2N/c15-11-3-10(4-12(17)6-11)8-19-7-9-1-2-14(18)13(16)5-9/h1-6,19H,7-8H2. The number of halogens is 4. The molecule has 100 valence electrons. The first kappa shape index (κ1) is 14.3. The van der Waals surface area contributed by atoms with E-state index in [0.29, 0.717) is 18.1 Å². The first-order chi connectivity index (χ1) is 9.04. The van der Waals surface area contributed by atoms with Gasteiger partial charge in [-0.05, 0) is 41.5 Å². The Hall–Kier alpha value is -1.16. The Labute approximate surface area is 120 Å². The van der Waals surface area contributed by atoms with Gasteiger partial charge in [0, 0.05) is 18.1 Å². The molecule has 2 rings (SSSR count). The van der Waals surface area contributed by atoms with Crippen LogP contribution in [0.25, 0.3) is 0 Å². The van der Waals surface area contributed by atoms with Gasteiger partial charge in [-0.2, -0.15) is 0 Å². The SMILES string of the molecule is Fc1cc(Cl)cc(CNCc2ccc(F)c(Cl)c2)c1. The molecule has 0 heterocycles. The lowest BCUT2D eigenvalue weighted by Gasteiger charge is -2.06. The molecular weight excluding hydrogens is 291 g/mol. The first-order valence-electron chi connectivity index (χ1n) is 5.64. The van der Waals surface area contributed by atoms with Crippen molar-refractivity contribution in [1.29, 1.82) is 0 Å². The monoisotopic (exact) mass is 301 g/mol. The van der Waals surface area contributed by atoms with Crippen LogP contribution in [0.5, 0.6) is 0 Å². The van der Waals surface area contributed by atoms with Crippen LogP contribution in [0.4, 0.5) is 8.78 Å². The van der Waals surface area contributed by atoms with Crippen LogP contribution in [-0.2, 0) is 13.1 Å². The third-order valence-electron chi connectivity index (χ3n) is 2.56. The van der Waals surface area contributed by atoms with Crippen LogP contribution in [0.2, 0.25) is 10.0 Å². The highest BCUT2D eigenvalue weighted by Gasteiger charge is 2.02. The summed E-state index contributed by atoms with van der Waals surface area (Å²) in [5.74, 6) is -0.809. The second-order valence-electron chi connectivity index (χ2n) is 4.13. The molecule has 0 aliphatic heterocycles. The smallest absolute Gasteiger partial charge is 0.141 e. The second-order valence-corrected chi connectivity index (χ2v) is 4.97. The molecule has 0 spiro atoms. The molecule has 0 saturated carbocycles. The summed E-state index contributed by atoms with van der Waals surface area (Å²) in [6.45, 7) is 0.973. The zero-order valence-electron chi connectivity index (χ0n) is 9.89. The molecule has 0 atom stereocenters. The zero-order chi connectivity index (χ0) is 13.8. The van der Waals surface area contributed by atoms with Gasteiger partial charge < -0.3 is 5.32 Å². The molecule has 0 unspecified atom stereocenters. The van der Waals surface area contributed by atoms with Crippen molar-refractivity contribution >= 4 is 23.2 Å². The summed E-state index contributed by atoms with van der Waals surface area (Å²) in [7, 11) is 0. The van der Waals surface area contributed by atoms with E-state index in [-0.39, 0.29) is 10.8 Å². The fourth-order valence-corrected chi connectivity index (χ4v) is 2.16. The summed E-state index contributed by atoms with van der Waals surface area (Å²) in [6.07, 6.45) is 0. The van der Waals surface area contributed by atoms with Crippen LogP contribution in [-0.4, -0.2) is 0 Å². The van der Waals surface area contributed by atoms with E-state index in [1.54, 1.807) is 18.2 Å². The molecule has 2 aromatic carbocycles. The molecule has 1 N–H and O–H groups in total. The van der Waals surface area contributed by atoms with Crippen molar-refractivity contribution in [3.05, 3.63) is 69.2 Å². The predicted octanol–water partition coefficient (Wildman–Crippen LogP) is 4.56.